The predicted octanol–water partition coefficient (Wildman–Crippen LogP) is 2.03. The lowest BCUT2D eigenvalue weighted by molar-refractivity contribution is 0.533. The minimum atomic E-state index is -0.240. The first-order chi connectivity index (χ1) is 3.91. The van der Waals surface area contributed by atoms with Crippen LogP contribution in [0.5, 0.6) is 0 Å². The van der Waals surface area contributed by atoms with Gasteiger partial charge in [-0.05, 0) is 6.08 Å². The van der Waals surface area contributed by atoms with E-state index in [4.69, 9.17) is 0 Å². The van der Waals surface area contributed by atoms with Gasteiger partial charge in [0.05, 0.1) is 6.67 Å². The highest BCUT2D eigenvalue weighted by Crippen LogP contribution is 1.97. The van der Waals surface area contributed by atoms with Gasteiger partial charge in [0.25, 0.3) is 0 Å². The molecule has 0 saturated heterocycles. The average Bonchev–Trinajstić information content (AvgIpc) is 1.81. The van der Waals surface area contributed by atoms with Crippen molar-refractivity contribution in [2.45, 2.75) is 0 Å². The van der Waals surface area contributed by atoms with Crippen molar-refractivity contribution >= 4 is 11.8 Å². The van der Waals surface area contributed by atoms with E-state index in [-0.39, 0.29) is 6.67 Å². The molecule has 0 bridgehead atoms. The van der Waals surface area contributed by atoms with Crippen LogP contribution in [0.2, 0.25) is 0 Å². The fourth-order valence-electron chi connectivity index (χ4n) is 0.256. The molecule has 0 aliphatic rings. The van der Waals surface area contributed by atoms with Crippen LogP contribution < -0.4 is 0 Å². The molecule has 0 radical (unpaired) electrons. The van der Waals surface area contributed by atoms with Crippen LogP contribution in [-0.2, 0) is 0 Å². The first-order valence-corrected chi connectivity index (χ1v) is 3.55. The van der Waals surface area contributed by atoms with E-state index >= 15 is 0 Å². The summed E-state index contributed by atoms with van der Waals surface area (Å²) in [6.45, 7) is 3.13. The summed E-state index contributed by atoms with van der Waals surface area (Å²) < 4.78 is 11.3. The Balaban J connectivity index is 2.82. The smallest absolute Gasteiger partial charge is 0.0984 e. The summed E-state index contributed by atoms with van der Waals surface area (Å²) in [6.07, 6.45) is 1.79. The molecule has 0 nitrogen and oxygen atoms in total. The molecule has 0 aromatic rings. The molecule has 0 unspecified atom stereocenters. The first-order valence-electron chi connectivity index (χ1n) is 2.40. The third-order valence-corrected chi connectivity index (χ3v) is 1.41. The molecular formula is C6H9FS. The SMILES string of the molecule is C=C=CCSCCF. The molecule has 0 aromatic carbocycles. The van der Waals surface area contributed by atoms with Gasteiger partial charge in [0.1, 0.15) is 0 Å². The second-order valence-corrected chi connectivity index (χ2v) is 2.32. The van der Waals surface area contributed by atoms with Crippen LogP contribution in [0.25, 0.3) is 0 Å². The second kappa shape index (κ2) is 6.80. The van der Waals surface area contributed by atoms with Crippen LogP contribution in [-0.4, -0.2) is 18.2 Å². The molecule has 0 saturated carbocycles. The summed E-state index contributed by atoms with van der Waals surface area (Å²) in [4.78, 5) is 0. The lowest BCUT2D eigenvalue weighted by Crippen LogP contribution is -1.79. The zero-order valence-electron chi connectivity index (χ0n) is 4.69. The number of thioether (sulfide) groups is 1. The number of halogens is 1. The summed E-state index contributed by atoms with van der Waals surface area (Å²) in [5, 5.41) is 0. The highest BCUT2D eigenvalue weighted by molar-refractivity contribution is 7.99. The Bertz CT molecular complexity index is 84.5. The quantitative estimate of drug-likeness (QED) is 0.416. The Morgan fingerprint density at radius 2 is 2.50 bits per heavy atom. The third-order valence-electron chi connectivity index (χ3n) is 0.567. The largest absolute Gasteiger partial charge is 0.250 e. The van der Waals surface area contributed by atoms with Gasteiger partial charge in [-0.2, -0.15) is 11.8 Å². The monoisotopic (exact) mass is 132 g/mol. The predicted molar refractivity (Wildman–Crippen MR) is 37.0 cm³/mol. The van der Waals surface area contributed by atoms with Crippen LogP contribution in [0.15, 0.2) is 18.4 Å². The highest BCUT2D eigenvalue weighted by Gasteiger charge is 1.80. The van der Waals surface area contributed by atoms with Gasteiger partial charge >= 0.3 is 0 Å². The summed E-state index contributed by atoms with van der Waals surface area (Å²) in [5.41, 5.74) is 2.61. The molecule has 0 aromatic heterocycles. The van der Waals surface area contributed by atoms with Gasteiger partial charge in [-0.25, -0.2) is 0 Å². The van der Waals surface area contributed by atoms with E-state index in [0.29, 0.717) is 5.75 Å². The summed E-state index contributed by atoms with van der Waals surface area (Å²) >= 11 is 1.54. The molecule has 0 rings (SSSR count). The molecule has 0 fully saturated rings. The van der Waals surface area contributed by atoms with Crippen LogP contribution >= 0.6 is 11.8 Å². The molecule has 0 aliphatic heterocycles. The van der Waals surface area contributed by atoms with Crippen molar-refractivity contribution in [3.8, 4) is 0 Å². The number of hydrogen-bond donors (Lipinski definition) is 0. The van der Waals surface area contributed by atoms with Gasteiger partial charge in [0, 0.05) is 11.5 Å². The second-order valence-electron chi connectivity index (χ2n) is 1.17. The number of rotatable bonds is 4. The molecular weight excluding hydrogens is 123 g/mol. The fraction of sp³-hybridized carbons (Fsp3) is 0.500. The van der Waals surface area contributed by atoms with Gasteiger partial charge in [0.15, 0.2) is 0 Å². The highest BCUT2D eigenvalue weighted by atomic mass is 32.2. The molecule has 46 valence electrons. The maximum absolute atomic E-state index is 11.3. The minimum absolute atomic E-state index is 0.240. The minimum Gasteiger partial charge on any atom is -0.250 e. The van der Waals surface area contributed by atoms with Gasteiger partial charge in [0.2, 0.25) is 0 Å². The Kier molecular flexibility index (Phi) is 6.63. The number of alkyl halides is 1. The summed E-state index contributed by atoms with van der Waals surface area (Å²) in [5.74, 6) is 1.41. The van der Waals surface area contributed by atoms with Gasteiger partial charge in [-0.1, -0.05) is 6.58 Å². The van der Waals surface area contributed by atoms with E-state index in [2.05, 4.69) is 12.3 Å². The summed E-state index contributed by atoms with van der Waals surface area (Å²) in [7, 11) is 0. The van der Waals surface area contributed by atoms with Crippen LogP contribution in [0.1, 0.15) is 0 Å². The van der Waals surface area contributed by atoms with E-state index in [0.717, 1.165) is 5.75 Å². The molecule has 2 heteroatoms. The van der Waals surface area contributed by atoms with Crippen molar-refractivity contribution in [3.05, 3.63) is 18.4 Å². The molecule has 0 N–H and O–H groups in total. The lowest BCUT2D eigenvalue weighted by Gasteiger charge is -1.86. The van der Waals surface area contributed by atoms with Crippen molar-refractivity contribution in [3.63, 3.8) is 0 Å². The molecule has 0 atom stereocenters. The molecule has 0 amide bonds. The summed E-state index contributed by atoms with van der Waals surface area (Å²) in [6, 6.07) is 0. The first kappa shape index (κ1) is 7.80. The van der Waals surface area contributed by atoms with Gasteiger partial charge < -0.3 is 0 Å². The number of hydrogen-bond acceptors (Lipinski definition) is 1. The van der Waals surface area contributed by atoms with E-state index in [1.807, 2.05) is 0 Å². The lowest BCUT2D eigenvalue weighted by atomic mass is 10.7. The molecule has 0 spiro atoms. The van der Waals surface area contributed by atoms with E-state index in [9.17, 15) is 4.39 Å². The fourth-order valence-corrected chi connectivity index (χ4v) is 0.767. The Morgan fingerprint density at radius 3 is 3.00 bits per heavy atom. The van der Waals surface area contributed by atoms with E-state index < -0.39 is 0 Å². The van der Waals surface area contributed by atoms with Crippen molar-refractivity contribution in [2.75, 3.05) is 18.2 Å². The average molecular weight is 132 g/mol. The van der Waals surface area contributed by atoms with Crippen LogP contribution in [0.3, 0.4) is 0 Å². The standard InChI is InChI=1S/C6H9FS/c1-2-3-5-8-6-4-7/h3H,1,4-6H2. The maximum Gasteiger partial charge on any atom is 0.0984 e. The van der Waals surface area contributed by atoms with Gasteiger partial charge in [-0.3, -0.25) is 4.39 Å². The Hall–Kier alpha value is -0.200. The Morgan fingerprint density at radius 1 is 1.75 bits per heavy atom. The van der Waals surface area contributed by atoms with Crippen molar-refractivity contribution in [2.24, 2.45) is 0 Å². The molecule has 0 aliphatic carbocycles. The Labute approximate surface area is 53.5 Å². The normalized spacial score (nSPS) is 8.12. The van der Waals surface area contributed by atoms with E-state index in [1.165, 1.54) is 0 Å². The van der Waals surface area contributed by atoms with Crippen molar-refractivity contribution < 1.29 is 4.39 Å². The van der Waals surface area contributed by atoms with E-state index in [1.54, 1.807) is 17.8 Å². The molecule has 0 heterocycles. The van der Waals surface area contributed by atoms with Crippen LogP contribution in [0.4, 0.5) is 4.39 Å². The molecule has 8 heavy (non-hydrogen) atoms. The van der Waals surface area contributed by atoms with Crippen molar-refractivity contribution in [1.82, 2.24) is 0 Å². The topological polar surface area (TPSA) is 0 Å². The van der Waals surface area contributed by atoms with Crippen LogP contribution in [0, 0.1) is 0 Å². The zero-order valence-corrected chi connectivity index (χ0v) is 5.51. The van der Waals surface area contributed by atoms with Crippen molar-refractivity contribution in [1.29, 1.82) is 0 Å². The zero-order chi connectivity index (χ0) is 6.24. The maximum atomic E-state index is 11.3. The third kappa shape index (κ3) is 5.80. The van der Waals surface area contributed by atoms with Gasteiger partial charge in [-0.15, -0.1) is 5.73 Å².